The van der Waals surface area contributed by atoms with Crippen LogP contribution in [0.25, 0.3) is 44.5 Å². The SMILES string of the molecule is COc1ccc2oc(=O)c(-c3csc(Cc4nc(-c5cc6cc(OC)ccc6oc5=O)cs4)n3)cc2c1. The zero-order valence-electron chi connectivity index (χ0n) is 19.6. The quantitative estimate of drug-likeness (QED) is 0.251. The molecule has 0 bridgehead atoms. The van der Waals surface area contributed by atoms with Crippen LogP contribution in [0.3, 0.4) is 0 Å². The third-order valence-corrected chi connectivity index (χ3v) is 7.53. The van der Waals surface area contributed by atoms with Gasteiger partial charge in [0.1, 0.15) is 32.7 Å². The van der Waals surface area contributed by atoms with E-state index in [2.05, 4.69) is 9.97 Å². The summed E-state index contributed by atoms with van der Waals surface area (Å²) in [4.78, 5) is 34.5. The zero-order valence-corrected chi connectivity index (χ0v) is 21.3. The minimum atomic E-state index is -0.453. The van der Waals surface area contributed by atoms with Gasteiger partial charge < -0.3 is 18.3 Å². The summed E-state index contributed by atoms with van der Waals surface area (Å²) in [7, 11) is 3.17. The van der Waals surface area contributed by atoms with E-state index in [0.717, 1.165) is 20.8 Å². The summed E-state index contributed by atoms with van der Waals surface area (Å²) < 4.78 is 21.5. The molecule has 0 aliphatic carbocycles. The lowest BCUT2D eigenvalue weighted by atomic mass is 10.1. The number of hydrogen-bond donors (Lipinski definition) is 0. The maximum absolute atomic E-state index is 12.6. The zero-order chi connectivity index (χ0) is 25.5. The highest BCUT2D eigenvalue weighted by Crippen LogP contribution is 2.29. The fraction of sp³-hybridized carbons (Fsp3) is 0.111. The van der Waals surface area contributed by atoms with E-state index in [1.54, 1.807) is 50.6 Å². The Balaban J connectivity index is 1.28. The van der Waals surface area contributed by atoms with E-state index >= 15 is 0 Å². The van der Waals surface area contributed by atoms with Gasteiger partial charge in [-0.3, -0.25) is 0 Å². The van der Waals surface area contributed by atoms with Gasteiger partial charge in [0.05, 0.1) is 43.2 Å². The van der Waals surface area contributed by atoms with E-state index in [0.29, 0.717) is 51.6 Å². The molecule has 0 fully saturated rings. The van der Waals surface area contributed by atoms with Crippen LogP contribution in [-0.2, 0) is 6.42 Å². The third kappa shape index (κ3) is 4.41. The van der Waals surface area contributed by atoms with E-state index in [4.69, 9.17) is 18.3 Å². The molecule has 0 atom stereocenters. The highest BCUT2D eigenvalue weighted by Gasteiger charge is 2.16. The van der Waals surface area contributed by atoms with Crippen LogP contribution in [0, 0.1) is 0 Å². The van der Waals surface area contributed by atoms with Crippen LogP contribution in [0.5, 0.6) is 11.5 Å². The van der Waals surface area contributed by atoms with E-state index in [9.17, 15) is 9.59 Å². The van der Waals surface area contributed by atoms with Gasteiger partial charge in [0.15, 0.2) is 0 Å². The molecule has 0 saturated carbocycles. The van der Waals surface area contributed by atoms with Crippen molar-refractivity contribution in [3.63, 3.8) is 0 Å². The second kappa shape index (κ2) is 9.30. The average Bonchev–Trinajstić information content (AvgIpc) is 3.57. The first-order valence-electron chi connectivity index (χ1n) is 11.1. The molecular weight excluding hydrogens is 512 g/mol. The number of rotatable bonds is 6. The third-order valence-electron chi connectivity index (χ3n) is 5.84. The van der Waals surface area contributed by atoms with Crippen molar-refractivity contribution in [2.75, 3.05) is 14.2 Å². The monoisotopic (exact) mass is 530 g/mol. The Labute approximate surface area is 217 Å². The Morgan fingerprint density at radius 2 is 1.16 bits per heavy atom. The first kappa shape index (κ1) is 23.1. The van der Waals surface area contributed by atoms with Crippen molar-refractivity contribution in [3.05, 3.63) is 90.1 Å². The number of nitrogens with zero attached hydrogens (tertiary/aromatic N) is 2. The summed E-state index contributed by atoms with van der Waals surface area (Å²) in [5, 5.41) is 6.73. The molecular formula is C27H18N2O6S2. The van der Waals surface area contributed by atoms with E-state index in [1.807, 2.05) is 22.9 Å². The maximum Gasteiger partial charge on any atom is 0.345 e. The summed E-state index contributed by atoms with van der Waals surface area (Å²) in [6.07, 6.45) is 0.467. The van der Waals surface area contributed by atoms with Gasteiger partial charge in [-0.15, -0.1) is 22.7 Å². The van der Waals surface area contributed by atoms with Crippen molar-refractivity contribution < 1.29 is 18.3 Å². The smallest absolute Gasteiger partial charge is 0.345 e. The first-order chi connectivity index (χ1) is 18.0. The van der Waals surface area contributed by atoms with Gasteiger partial charge in [-0.25, -0.2) is 19.6 Å². The molecule has 0 aliphatic heterocycles. The van der Waals surface area contributed by atoms with Crippen molar-refractivity contribution in [1.29, 1.82) is 0 Å². The Kier molecular flexibility index (Phi) is 5.82. The Bertz CT molecular complexity index is 1760. The number of hydrogen-bond acceptors (Lipinski definition) is 10. The van der Waals surface area contributed by atoms with Crippen LogP contribution in [0.2, 0.25) is 0 Å². The molecule has 0 saturated heterocycles. The fourth-order valence-electron chi connectivity index (χ4n) is 3.98. The van der Waals surface area contributed by atoms with Crippen LogP contribution in [0.1, 0.15) is 10.0 Å². The predicted octanol–water partition coefficient (Wildman–Crippen LogP) is 5.75. The van der Waals surface area contributed by atoms with Crippen molar-refractivity contribution >= 4 is 44.6 Å². The van der Waals surface area contributed by atoms with Crippen LogP contribution in [0.4, 0.5) is 0 Å². The molecule has 10 heteroatoms. The molecule has 8 nitrogen and oxygen atoms in total. The number of aromatic nitrogens is 2. The molecule has 0 radical (unpaired) electrons. The summed E-state index contributed by atoms with van der Waals surface area (Å²) in [6, 6.07) is 14.0. The van der Waals surface area contributed by atoms with E-state index < -0.39 is 11.3 Å². The topological polar surface area (TPSA) is 105 Å². The van der Waals surface area contributed by atoms with Crippen molar-refractivity contribution in [3.8, 4) is 34.0 Å². The molecule has 0 aliphatic rings. The molecule has 6 rings (SSSR count). The van der Waals surface area contributed by atoms with Crippen LogP contribution in [0.15, 0.2) is 77.7 Å². The second-order valence-electron chi connectivity index (χ2n) is 8.13. The van der Waals surface area contributed by atoms with Crippen molar-refractivity contribution in [2.45, 2.75) is 6.42 Å². The lowest BCUT2D eigenvalue weighted by molar-refractivity contribution is 0.415. The molecule has 4 aromatic heterocycles. The van der Waals surface area contributed by atoms with Gasteiger partial charge >= 0.3 is 11.3 Å². The van der Waals surface area contributed by atoms with Gasteiger partial charge in [-0.05, 0) is 48.5 Å². The largest absolute Gasteiger partial charge is 0.497 e. The minimum absolute atomic E-state index is 0.382. The minimum Gasteiger partial charge on any atom is -0.497 e. The average molecular weight is 531 g/mol. The van der Waals surface area contributed by atoms with Crippen LogP contribution < -0.4 is 20.7 Å². The van der Waals surface area contributed by atoms with Gasteiger partial charge in [-0.1, -0.05) is 0 Å². The molecule has 0 N–H and O–H groups in total. The van der Waals surface area contributed by atoms with E-state index in [1.165, 1.54) is 22.7 Å². The number of methoxy groups -OCH3 is 2. The van der Waals surface area contributed by atoms with Crippen LogP contribution in [-0.4, -0.2) is 24.2 Å². The number of fused-ring (bicyclic) bond motifs is 2. The highest BCUT2D eigenvalue weighted by molar-refractivity contribution is 7.11. The predicted molar refractivity (Wildman–Crippen MR) is 143 cm³/mol. The molecule has 0 spiro atoms. The van der Waals surface area contributed by atoms with Gasteiger partial charge in [-0.2, -0.15) is 0 Å². The molecule has 0 unspecified atom stereocenters. The van der Waals surface area contributed by atoms with Gasteiger partial charge in [0, 0.05) is 21.5 Å². The molecule has 184 valence electrons. The summed E-state index contributed by atoms with van der Waals surface area (Å²) in [5.74, 6) is 1.34. The molecule has 6 aromatic rings. The van der Waals surface area contributed by atoms with Gasteiger partial charge in [0.25, 0.3) is 0 Å². The molecule has 4 heterocycles. The normalized spacial score (nSPS) is 11.3. The first-order valence-corrected chi connectivity index (χ1v) is 12.9. The molecule has 2 aromatic carbocycles. The van der Waals surface area contributed by atoms with Crippen molar-refractivity contribution in [2.24, 2.45) is 0 Å². The summed E-state index contributed by atoms with van der Waals surface area (Å²) >= 11 is 2.86. The molecule has 37 heavy (non-hydrogen) atoms. The summed E-state index contributed by atoms with van der Waals surface area (Å²) in [5.41, 5.74) is 1.91. The number of ether oxygens (including phenoxy) is 2. The second-order valence-corrected chi connectivity index (χ2v) is 10.0. The summed E-state index contributed by atoms with van der Waals surface area (Å²) in [6.45, 7) is 0. The Morgan fingerprint density at radius 1 is 0.703 bits per heavy atom. The highest BCUT2D eigenvalue weighted by atomic mass is 32.1. The van der Waals surface area contributed by atoms with Gasteiger partial charge in [0.2, 0.25) is 0 Å². The lowest BCUT2D eigenvalue weighted by Crippen LogP contribution is -2.03. The molecule has 0 amide bonds. The number of thiazole rings is 2. The number of benzene rings is 2. The Hall–Kier alpha value is -4.28. The maximum atomic E-state index is 12.6. The van der Waals surface area contributed by atoms with Crippen molar-refractivity contribution in [1.82, 2.24) is 9.97 Å². The van der Waals surface area contributed by atoms with Crippen LogP contribution >= 0.6 is 22.7 Å². The standard InChI is InChI=1S/C27H18N2O6S2/c1-32-16-3-5-22-14(7-16)9-18(26(30)34-22)20-12-36-24(28-20)11-25-29-21(13-37-25)19-10-15-8-17(33-2)4-6-23(15)35-27(19)31/h3-10,12-13H,11H2,1-2H3. The lowest BCUT2D eigenvalue weighted by Gasteiger charge is -2.03. The Morgan fingerprint density at radius 3 is 1.59 bits per heavy atom. The fourth-order valence-corrected chi connectivity index (χ4v) is 5.66. The van der Waals surface area contributed by atoms with E-state index in [-0.39, 0.29) is 0 Å².